The van der Waals surface area contributed by atoms with E-state index in [2.05, 4.69) is 5.32 Å². The van der Waals surface area contributed by atoms with Crippen LogP contribution in [0.5, 0.6) is 0 Å². The number of hydrogen-bond donors (Lipinski definition) is 2. The summed E-state index contributed by atoms with van der Waals surface area (Å²) in [7, 11) is 0. The third kappa shape index (κ3) is 8.66. The van der Waals surface area contributed by atoms with Gasteiger partial charge in [0.1, 0.15) is 5.78 Å². The van der Waals surface area contributed by atoms with E-state index in [0.29, 0.717) is 6.42 Å². The van der Waals surface area contributed by atoms with Gasteiger partial charge in [0.25, 0.3) is 0 Å². The van der Waals surface area contributed by atoms with Gasteiger partial charge in [-0.3, -0.25) is 9.59 Å². The monoisotopic (exact) mass is 252 g/mol. The predicted molar refractivity (Wildman–Crippen MR) is 53.8 cm³/mol. The molecule has 2 N–H and O–H groups in total. The second-order valence-corrected chi connectivity index (χ2v) is 3.35. The molecule has 0 aliphatic carbocycles. The van der Waals surface area contributed by atoms with Crippen molar-refractivity contribution in [1.29, 1.82) is 0 Å². The Morgan fingerprint density at radius 2 is 1.93 bits per heavy atom. The average molecular weight is 252 g/mol. The molecule has 4 nitrogen and oxygen atoms in total. The van der Waals surface area contributed by atoms with E-state index in [0.717, 1.165) is 6.42 Å². The van der Waals surface area contributed by atoms with Crippen molar-refractivity contribution < 1.29 is 33.3 Å². The summed E-state index contributed by atoms with van der Waals surface area (Å²) in [6.45, 7) is 4.02. The van der Waals surface area contributed by atoms with E-state index in [1.165, 1.54) is 0 Å². The van der Waals surface area contributed by atoms with Crippen molar-refractivity contribution in [3.63, 3.8) is 0 Å². The van der Waals surface area contributed by atoms with Crippen molar-refractivity contribution in [2.75, 3.05) is 13.2 Å². The van der Waals surface area contributed by atoms with Gasteiger partial charge in [-0.05, 0) is 6.42 Å². The fourth-order valence-corrected chi connectivity index (χ4v) is 0.995. The average Bonchev–Trinajstić information content (AvgIpc) is 2.21. The van der Waals surface area contributed by atoms with Crippen LogP contribution in [0.2, 0.25) is 0 Å². The molecule has 0 spiro atoms. The Morgan fingerprint density at radius 3 is 2.40 bits per heavy atom. The molecule has 15 heavy (non-hydrogen) atoms. The molecule has 0 aromatic carbocycles. The Hall–Kier alpha value is -0.316. The molecule has 0 rings (SSSR count). The first-order valence-electron chi connectivity index (χ1n) is 5.02. The molecule has 0 fully saturated rings. The maximum Gasteiger partial charge on any atom is 0.220 e. The van der Waals surface area contributed by atoms with Gasteiger partial charge in [-0.25, -0.2) is 0 Å². The number of rotatable bonds is 7. The fraction of sp³-hybridized carbons (Fsp3) is 0.800. The Balaban J connectivity index is 0. The molecule has 1 radical (unpaired) electrons. The number of hydrogen-bond acceptors (Lipinski definition) is 3. The molecule has 0 aromatic heterocycles. The second kappa shape index (κ2) is 10.2. The summed E-state index contributed by atoms with van der Waals surface area (Å²) < 4.78 is 0. The molecule has 0 heterocycles. The van der Waals surface area contributed by atoms with Crippen LogP contribution in [0.15, 0.2) is 0 Å². The van der Waals surface area contributed by atoms with Crippen LogP contribution in [0.4, 0.5) is 0 Å². The van der Waals surface area contributed by atoms with Crippen LogP contribution < -0.4 is 5.32 Å². The van der Waals surface area contributed by atoms with Crippen LogP contribution >= 0.6 is 0 Å². The summed E-state index contributed by atoms with van der Waals surface area (Å²) in [4.78, 5) is 22.4. The molecular weight excluding hydrogens is 233 g/mol. The summed E-state index contributed by atoms with van der Waals surface area (Å²) in [5.74, 6) is 0.00277. The van der Waals surface area contributed by atoms with Crippen molar-refractivity contribution in [1.82, 2.24) is 5.32 Å². The quantitative estimate of drug-likeness (QED) is 0.693. The molecular formula is C10H19NO3V. The zero-order chi connectivity index (χ0) is 11.0. The van der Waals surface area contributed by atoms with E-state index in [1.807, 2.05) is 13.8 Å². The molecule has 1 atom stereocenters. The summed E-state index contributed by atoms with van der Waals surface area (Å²) in [6.07, 6.45) is 1.34. The minimum Gasteiger partial charge on any atom is -0.395 e. The third-order valence-corrected chi connectivity index (χ3v) is 2.19. The largest absolute Gasteiger partial charge is 0.395 e. The summed E-state index contributed by atoms with van der Waals surface area (Å²) in [6, 6.07) is 0. The van der Waals surface area contributed by atoms with Gasteiger partial charge in [-0.15, -0.1) is 0 Å². The topological polar surface area (TPSA) is 66.4 Å². The smallest absolute Gasteiger partial charge is 0.220 e. The molecule has 5 heteroatoms. The Morgan fingerprint density at radius 1 is 1.33 bits per heavy atom. The first-order chi connectivity index (χ1) is 6.61. The predicted octanol–water partition coefficient (Wildman–Crippen LogP) is 0.488. The van der Waals surface area contributed by atoms with Gasteiger partial charge in [0.2, 0.25) is 5.91 Å². The summed E-state index contributed by atoms with van der Waals surface area (Å²) >= 11 is 0. The number of ketones is 1. The van der Waals surface area contributed by atoms with Gasteiger partial charge in [0, 0.05) is 43.9 Å². The van der Waals surface area contributed by atoms with Gasteiger partial charge < -0.3 is 10.4 Å². The number of carbonyl (C=O) groups is 2. The number of Topliss-reactive ketones (excluding diaryl/α,β-unsaturated/α-hetero) is 1. The molecule has 87 valence electrons. The number of nitrogens with one attached hydrogen (secondary N) is 1. The van der Waals surface area contributed by atoms with Crippen LogP contribution in [0.1, 0.15) is 33.1 Å². The molecule has 0 aliphatic heterocycles. The minimum atomic E-state index is -0.171. The Bertz CT molecular complexity index is 197. The summed E-state index contributed by atoms with van der Waals surface area (Å²) in [5.41, 5.74) is 0. The van der Waals surface area contributed by atoms with E-state index < -0.39 is 0 Å². The third-order valence-electron chi connectivity index (χ3n) is 2.19. The maximum atomic E-state index is 11.3. The van der Waals surface area contributed by atoms with Gasteiger partial charge in [0.15, 0.2) is 0 Å². The van der Waals surface area contributed by atoms with E-state index in [4.69, 9.17) is 5.11 Å². The first-order valence-corrected chi connectivity index (χ1v) is 5.02. The number of aliphatic hydroxyl groups is 1. The maximum absolute atomic E-state index is 11.3. The van der Waals surface area contributed by atoms with Crippen molar-refractivity contribution in [2.45, 2.75) is 33.1 Å². The van der Waals surface area contributed by atoms with Crippen molar-refractivity contribution in [3.8, 4) is 0 Å². The standard InChI is InChI=1S/C10H19NO3.V/c1-3-8(2)9(13)4-5-10(14)11-6-7-12;/h8,12H,3-7H2,1-2H3,(H,11,14);. The molecule has 1 amide bonds. The van der Waals surface area contributed by atoms with E-state index in [1.54, 1.807) is 0 Å². The number of amides is 1. The normalized spacial score (nSPS) is 11.4. The van der Waals surface area contributed by atoms with Crippen LogP contribution in [0.25, 0.3) is 0 Å². The van der Waals surface area contributed by atoms with Crippen LogP contribution in [0.3, 0.4) is 0 Å². The van der Waals surface area contributed by atoms with E-state index >= 15 is 0 Å². The van der Waals surface area contributed by atoms with Gasteiger partial charge in [-0.2, -0.15) is 0 Å². The molecule has 0 saturated heterocycles. The SMILES string of the molecule is CCC(C)C(=O)CCC(=O)NCCO.[V]. The molecule has 1 unspecified atom stereocenters. The van der Waals surface area contributed by atoms with Crippen molar-refractivity contribution in [3.05, 3.63) is 0 Å². The zero-order valence-corrected chi connectivity index (χ0v) is 10.7. The molecule has 0 aliphatic rings. The number of aliphatic hydroxyl groups excluding tert-OH is 1. The minimum absolute atomic E-state index is 0. The molecule has 0 saturated carbocycles. The van der Waals surface area contributed by atoms with Crippen molar-refractivity contribution in [2.24, 2.45) is 5.92 Å². The fourth-order valence-electron chi connectivity index (χ4n) is 0.995. The van der Waals surface area contributed by atoms with Gasteiger partial charge >= 0.3 is 0 Å². The first kappa shape index (κ1) is 17.1. The van der Waals surface area contributed by atoms with Crippen molar-refractivity contribution >= 4 is 11.7 Å². The number of carbonyl (C=O) groups excluding carboxylic acids is 2. The second-order valence-electron chi connectivity index (χ2n) is 3.35. The van der Waals surface area contributed by atoms with Crippen LogP contribution in [-0.4, -0.2) is 29.9 Å². The van der Waals surface area contributed by atoms with Crippen LogP contribution in [-0.2, 0) is 28.1 Å². The van der Waals surface area contributed by atoms with Gasteiger partial charge in [0.05, 0.1) is 6.61 Å². The zero-order valence-electron chi connectivity index (χ0n) is 9.32. The van der Waals surface area contributed by atoms with Crippen LogP contribution in [0, 0.1) is 5.92 Å². The molecule has 0 aromatic rings. The van der Waals surface area contributed by atoms with E-state index in [-0.39, 0.29) is 55.7 Å². The Labute approximate surface area is 103 Å². The Kier molecular flexibility index (Phi) is 11.6. The van der Waals surface area contributed by atoms with Gasteiger partial charge in [-0.1, -0.05) is 13.8 Å². The summed E-state index contributed by atoms with van der Waals surface area (Å²) in [5, 5.41) is 10.9. The van der Waals surface area contributed by atoms with E-state index in [9.17, 15) is 9.59 Å². The molecule has 0 bridgehead atoms.